The number of nitrogens with one attached hydrogen (secondary N) is 1. The van der Waals surface area contributed by atoms with Crippen LogP contribution < -0.4 is 5.32 Å². The standard InChI is InChI=1S/C46H53ClFN3/c1-4-10-46-41-26-34(25-35(27-41)30-49)16-17-38-28-39(45(47)29-37(38)11-6-5-7-22-50-46)19-18-36-12-8-14-43(32(36)2)44-15-9-13-40(33(44)3)31-51-23-20-42(48)21-24-51/h8-10,12-15,25-29,42,50H,4-7,11,16-24,31H2,1-3H3/b46-10+. The predicted molar refractivity (Wildman–Crippen MR) is 212 cm³/mol. The summed E-state index contributed by atoms with van der Waals surface area (Å²) in [6.45, 7) is 10.1. The molecule has 0 unspecified atom stereocenters. The molecule has 0 amide bonds. The van der Waals surface area contributed by atoms with E-state index in [1.807, 2.05) is 6.07 Å². The Kier molecular flexibility index (Phi) is 12.7. The number of allylic oxidation sites excluding steroid dienone is 1. The van der Waals surface area contributed by atoms with Gasteiger partial charge in [0.2, 0.25) is 0 Å². The summed E-state index contributed by atoms with van der Waals surface area (Å²) >= 11 is 7.06. The van der Waals surface area contributed by atoms with Gasteiger partial charge in [-0.2, -0.15) is 5.26 Å². The molecule has 1 N–H and O–H groups in total. The van der Waals surface area contributed by atoms with Crippen molar-refractivity contribution >= 4 is 17.3 Å². The molecule has 5 heteroatoms. The summed E-state index contributed by atoms with van der Waals surface area (Å²) in [5, 5.41) is 14.4. The van der Waals surface area contributed by atoms with Gasteiger partial charge in [0.1, 0.15) is 6.17 Å². The van der Waals surface area contributed by atoms with Crippen LogP contribution in [0.25, 0.3) is 16.8 Å². The Morgan fingerprint density at radius 3 is 2.29 bits per heavy atom. The van der Waals surface area contributed by atoms with Crippen molar-refractivity contribution in [3.05, 3.63) is 133 Å². The molecule has 0 aromatic heterocycles. The third kappa shape index (κ3) is 9.31. The maximum atomic E-state index is 13.8. The minimum atomic E-state index is -0.650. The van der Waals surface area contributed by atoms with Crippen molar-refractivity contribution in [3.8, 4) is 17.2 Å². The Hall–Kier alpha value is -3.91. The fraction of sp³-hybridized carbons (Fsp3) is 0.413. The molecule has 266 valence electrons. The molecule has 2 bridgehead atoms. The smallest absolute Gasteiger partial charge is 0.103 e. The normalized spacial score (nSPS) is 17.0. The van der Waals surface area contributed by atoms with E-state index in [4.69, 9.17) is 11.6 Å². The van der Waals surface area contributed by atoms with Crippen LogP contribution in [0.1, 0.15) is 101 Å². The van der Waals surface area contributed by atoms with E-state index in [-0.39, 0.29) is 0 Å². The molecule has 3 nitrogen and oxygen atoms in total. The molecular weight excluding hydrogens is 649 g/mol. The lowest BCUT2D eigenvalue weighted by molar-refractivity contribution is 0.145. The van der Waals surface area contributed by atoms with Crippen molar-refractivity contribution in [3.63, 3.8) is 0 Å². The molecule has 1 saturated heterocycles. The van der Waals surface area contributed by atoms with Gasteiger partial charge in [0.25, 0.3) is 0 Å². The largest absolute Gasteiger partial charge is 0.385 e. The Bertz CT molecular complexity index is 1900. The van der Waals surface area contributed by atoms with Gasteiger partial charge in [-0.05, 0) is 164 Å². The van der Waals surface area contributed by atoms with Crippen LogP contribution in [0.15, 0.2) is 72.8 Å². The summed E-state index contributed by atoms with van der Waals surface area (Å²) in [6, 6.07) is 26.7. The molecule has 4 aromatic carbocycles. The first-order valence-electron chi connectivity index (χ1n) is 19.1. The molecule has 0 spiro atoms. The fourth-order valence-electron chi connectivity index (χ4n) is 8.00. The number of aryl methyl sites for hydroxylation is 5. The van der Waals surface area contributed by atoms with E-state index in [1.54, 1.807) is 0 Å². The lowest BCUT2D eigenvalue weighted by Crippen LogP contribution is -2.34. The number of hydrogen-bond acceptors (Lipinski definition) is 3. The Morgan fingerprint density at radius 1 is 0.843 bits per heavy atom. The molecule has 0 saturated carbocycles. The highest BCUT2D eigenvalue weighted by Gasteiger charge is 2.20. The van der Waals surface area contributed by atoms with Gasteiger partial charge in [0, 0.05) is 36.9 Å². The molecular formula is C46H53ClFN3. The first kappa shape index (κ1) is 36.9. The third-order valence-corrected chi connectivity index (χ3v) is 11.4. The van der Waals surface area contributed by atoms with Gasteiger partial charge in [0.15, 0.2) is 0 Å². The highest BCUT2D eigenvalue weighted by molar-refractivity contribution is 6.31. The SMILES string of the molecule is CC/C=C1/NCCCCCc2cc(Cl)c(CCc3cccc(-c4cccc(CN5CCC(F)CC5)c4C)c3C)cc2CCc2cc(C#N)cc1c2. The van der Waals surface area contributed by atoms with Gasteiger partial charge >= 0.3 is 0 Å². The van der Waals surface area contributed by atoms with Crippen LogP contribution in [0.3, 0.4) is 0 Å². The molecule has 2 aliphatic rings. The van der Waals surface area contributed by atoms with E-state index in [9.17, 15) is 9.65 Å². The van der Waals surface area contributed by atoms with Gasteiger partial charge in [-0.1, -0.05) is 73.5 Å². The molecule has 4 aromatic rings. The van der Waals surface area contributed by atoms with Crippen LogP contribution in [0.5, 0.6) is 0 Å². The minimum Gasteiger partial charge on any atom is -0.385 e. The van der Waals surface area contributed by atoms with Gasteiger partial charge in [-0.15, -0.1) is 0 Å². The van der Waals surface area contributed by atoms with Crippen molar-refractivity contribution in [2.24, 2.45) is 0 Å². The quantitative estimate of drug-likeness (QED) is 0.208. The molecule has 6 rings (SSSR count). The zero-order valence-corrected chi connectivity index (χ0v) is 31.5. The summed E-state index contributed by atoms with van der Waals surface area (Å²) in [5.41, 5.74) is 16.0. The van der Waals surface area contributed by atoms with Crippen molar-refractivity contribution in [1.82, 2.24) is 10.2 Å². The van der Waals surface area contributed by atoms with Crippen molar-refractivity contribution in [2.45, 2.75) is 104 Å². The van der Waals surface area contributed by atoms with Gasteiger partial charge < -0.3 is 5.32 Å². The highest BCUT2D eigenvalue weighted by atomic mass is 35.5. The highest BCUT2D eigenvalue weighted by Crippen LogP contribution is 2.33. The van der Waals surface area contributed by atoms with Crippen LogP contribution >= 0.6 is 11.6 Å². The number of hydrogen-bond donors (Lipinski definition) is 1. The van der Waals surface area contributed by atoms with Gasteiger partial charge in [-0.25, -0.2) is 4.39 Å². The molecule has 0 radical (unpaired) electrons. The number of piperidine rings is 1. The van der Waals surface area contributed by atoms with Crippen LogP contribution in [0, 0.1) is 25.2 Å². The van der Waals surface area contributed by atoms with Crippen molar-refractivity contribution in [1.29, 1.82) is 5.26 Å². The molecule has 1 fully saturated rings. The first-order chi connectivity index (χ1) is 24.8. The average Bonchev–Trinajstić information content (AvgIpc) is 3.13. The summed E-state index contributed by atoms with van der Waals surface area (Å²) in [5.74, 6) is 0. The van der Waals surface area contributed by atoms with E-state index in [1.165, 1.54) is 55.6 Å². The van der Waals surface area contributed by atoms with Crippen LogP contribution in [-0.2, 0) is 38.6 Å². The molecule has 2 aliphatic heterocycles. The predicted octanol–water partition coefficient (Wildman–Crippen LogP) is 11.1. The maximum Gasteiger partial charge on any atom is 0.103 e. The topological polar surface area (TPSA) is 39.1 Å². The number of nitrogens with zero attached hydrogens (tertiary/aromatic N) is 2. The molecule has 0 atom stereocenters. The van der Waals surface area contributed by atoms with E-state index in [0.29, 0.717) is 18.4 Å². The van der Waals surface area contributed by atoms with Gasteiger partial charge in [0.05, 0.1) is 11.6 Å². The third-order valence-electron chi connectivity index (χ3n) is 11.1. The monoisotopic (exact) mass is 701 g/mol. The summed E-state index contributed by atoms with van der Waals surface area (Å²) < 4.78 is 13.8. The Morgan fingerprint density at radius 2 is 1.55 bits per heavy atom. The van der Waals surface area contributed by atoms with E-state index in [0.717, 1.165) is 100 Å². The second-order valence-corrected chi connectivity index (χ2v) is 15.0. The molecule has 0 aliphatic carbocycles. The number of halogens is 2. The fourth-order valence-corrected chi connectivity index (χ4v) is 8.28. The van der Waals surface area contributed by atoms with Crippen LogP contribution in [-0.4, -0.2) is 30.7 Å². The van der Waals surface area contributed by atoms with E-state index in [2.05, 4.69) is 104 Å². The number of likely N-dealkylation sites (tertiary alicyclic amines) is 1. The number of fused-ring (bicyclic) bond motifs is 3. The number of rotatable bonds is 7. The zero-order valence-electron chi connectivity index (χ0n) is 30.8. The lowest BCUT2D eigenvalue weighted by atomic mass is 9.89. The van der Waals surface area contributed by atoms with Crippen molar-refractivity contribution < 1.29 is 4.39 Å². The number of nitriles is 1. The first-order valence-corrected chi connectivity index (χ1v) is 19.5. The second kappa shape index (κ2) is 17.5. The number of alkyl halides is 1. The Labute approximate surface area is 310 Å². The second-order valence-electron chi connectivity index (χ2n) is 14.6. The van der Waals surface area contributed by atoms with Crippen LogP contribution in [0.4, 0.5) is 4.39 Å². The maximum absolute atomic E-state index is 13.8. The summed E-state index contributed by atoms with van der Waals surface area (Å²) in [6.07, 6.45) is 11.9. The van der Waals surface area contributed by atoms with Crippen LogP contribution in [0.2, 0.25) is 5.02 Å². The van der Waals surface area contributed by atoms with Gasteiger partial charge in [-0.3, -0.25) is 4.90 Å². The summed E-state index contributed by atoms with van der Waals surface area (Å²) in [7, 11) is 0. The lowest BCUT2D eigenvalue weighted by Gasteiger charge is -2.29. The van der Waals surface area contributed by atoms with E-state index < -0.39 is 6.17 Å². The minimum absolute atomic E-state index is 0.640. The molecule has 51 heavy (non-hydrogen) atoms. The van der Waals surface area contributed by atoms with E-state index >= 15 is 0 Å². The zero-order chi connectivity index (χ0) is 35.7. The van der Waals surface area contributed by atoms with Crippen molar-refractivity contribution in [2.75, 3.05) is 19.6 Å². The average molecular weight is 702 g/mol. The molecule has 2 heterocycles. The summed E-state index contributed by atoms with van der Waals surface area (Å²) in [4.78, 5) is 2.39. The Balaban J connectivity index is 1.22. The number of benzene rings is 4.